The molecule has 1 aliphatic heterocycles. The number of aromatic amines is 1. The second-order valence-electron chi connectivity index (χ2n) is 5.37. The monoisotopic (exact) mass is 242 g/mol. The number of rotatable bonds is 4. The van der Waals surface area contributed by atoms with Crippen LogP contribution in [0.2, 0.25) is 0 Å². The van der Waals surface area contributed by atoms with E-state index in [0.717, 1.165) is 0 Å². The lowest BCUT2D eigenvalue weighted by Crippen LogP contribution is -2.24. The molecule has 0 spiro atoms. The first-order valence-corrected chi connectivity index (χ1v) is 7.19. The van der Waals surface area contributed by atoms with Crippen LogP contribution in [0.5, 0.6) is 0 Å². The molecule has 0 bridgehead atoms. The van der Waals surface area contributed by atoms with Crippen molar-refractivity contribution in [3.05, 3.63) is 36.0 Å². The van der Waals surface area contributed by atoms with Crippen LogP contribution in [0.4, 0.5) is 0 Å². The summed E-state index contributed by atoms with van der Waals surface area (Å²) >= 11 is 0. The molecule has 1 N–H and O–H groups in total. The van der Waals surface area contributed by atoms with Crippen molar-refractivity contribution in [2.24, 2.45) is 0 Å². The van der Waals surface area contributed by atoms with E-state index in [-0.39, 0.29) is 0 Å². The molecule has 1 aromatic carbocycles. The van der Waals surface area contributed by atoms with Gasteiger partial charge in [0.25, 0.3) is 0 Å². The van der Waals surface area contributed by atoms with Crippen LogP contribution in [0.3, 0.4) is 0 Å². The van der Waals surface area contributed by atoms with Gasteiger partial charge in [-0.1, -0.05) is 19.4 Å². The third-order valence-corrected chi connectivity index (χ3v) is 4.12. The highest BCUT2D eigenvalue weighted by molar-refractivity contribution is 5.80. The summed E-state index contributed by atoms with van der Waals surface area (Å²) in [7, 11) is 0. The maximum atomic E-state index is 3.27. The molecule has 2 nitrogen and oxygen atoms in total. The summed E-state index contributed by atoms with van der Waals surface area (Å²) in [5.41, 5.74) is 2.74. The smallest absolute Gasteiger partial charge is 0.0454 e. The van der Waals surface area contributed by atoms with E-state index >= 15 is 0 Å². The Hall–Kier alpha value is -1.28. The third kappa shape index (κ3) is 2.17. The van der Waals surface area contributed by atoms with Gasteiger partial charge in [0, 0.05) is 17.8 Å². The van der Waals surface area contributed by atoms with Gasteiger partial charge in [-0.3, -0.25) is 4.90 Å². The van der Waals surface area contributed by atoms with E-state index in [0.29, 0.717) is 6.04 Å². The Morgan fingerprint density at radius 3 is 3.17 bits per heavy atom. The van der Waals surface area contributed by atoms with Gasteiger partial charge in [-0.2, -0.15) is 0 Å². The van der Waals surface area contributed by atoms with Crippen LogP contribution in [0.15, 0.2) is 30.5 Å². The molecule has 96 valence electrons. The summed E-state index contributed by atoms with van der Waals surface area (Å²) < 4.78 is 0. The lowest BCUT2D eigenvalue weighted by atomic mass is 10.0. The van der Waals surface area contributed by atoms with Gasteiger partial charge in [-0.25, -0.2) is 0 Å². The molecule has 2 aromatic rings. The van der Waals surface area contributed by atoms with Crippen molar-refractivity contribution < 1.29 is 0 Å². The fraction of sp³-hybridized carbons (Fsp3) is 0.500. The number of hydrogen-bond donors (Lipinski definition) is 1. The number of fused-ring (bicyclic) bond motifs is 1. The highest BCUT2D eigenvalue weighted by atomic mass is 15.2. The Balaban J connectivity index is 1.83. The van der Waals surface area contributed by atoms with E-state index in [1.165, 1.54) is 55.2 Å². The van der Waals surface area contributed by atoms with Crippen molar-refractivity contribution in [2.45, 2.75) is 38.6 Å². The van der Waals surface area contributed by atoms with Crippen LogP contribution in [-0.2, 0) is 0 Å². The van der Waals surface area contributed by atoms with Crippen LogP contribution < -0.4 is 0 Å². The van der Waals surface area contributed by atoms with E-state index in [9.17, 15) is 0 Å². The van der Waals surface area contributed by atoms with E-state index in [4.69, 9.17) is 0 Å². The molecule has 0 radical (unpaired) electrons. The molecule has 2 heterocycles. The van der Waals surface area contributed by atoms with Crippen LogP contribution in [0.1, 0.15) is 44.2 Å². The van der Waals surface area contributed by atoms with E-state index in [1.807, 2.05) is 6.20 Å². The maximum Gasteiger partial charge on any atom is 0.0454 e. The van der Waals surface area contributed by atoms with Crippen molar-refractivity contribution in [3.63, 3.8) is 0 Å². The third-order valence-electron chi connectivity index (χ3n) is 4.12. The van der Waals surface area contributed by atoms with Gasteiger partial charge in [-0.15, -0.1) is 0 Å². The van der Waals surface area contributed by atoms with Gasteiger partial charge in [0.15, 0.2) is 0 Å². The molecule has 1 fully saturated rings. The number of hydrogen-bond acceptors (Lipinski definition) is 1. The summed E-state index contributed by atoms with van der Waals surface area (Å²) in [6.45, 7) is 4.80. The van der Waals surface area contributed by atoms with E-state index in [1.54, 1.807) is 0 Å². The lowest BCUT2D eigenvalue weighted by Gasteiger charge is -2.24. The molecule has 0 unspecified atom stereocenters. The zero-order valence-electron chi connectivity index (χ0n) is 11.2. The normalized spacial score (nSPS) is 20.8. The molecule has 0 aliphatic carbocycles. The SMILES string of the molecule is CCCCN1CCC[C@H]1c1ccc2[nH]ccc2c1. The fourth-order valence-corrected chi connectivity index (χ4v) is 3.11. The first-order valence-electron chi connectivity index (χ1n) is 7.19. The molecule has 18 heavy (non-hydrogen) atoms. The van der Waals surface area contributed by atoms with Gasteiger partial charge in [0.2, 0.25) is 0 Å². The van der Waals surface area contributed by atoms with Gasteiger partial charge in [0.05, 0.1) is 0 Å². The van der Waals surface area contributed by atoms with Crippen LogP contribution in [-0.4, -0.2) is 23.0 Å². The molecular weight excluding hydrogens is 220 g/mol. The number of aromatic nitrogens is 1. The number of benzene rings is 1. The molecular formula is C16H22N2. The van der Waals surface area contributed by atoms with Crippen LogP contribution in [0.25, 0.3) is 10.9 Å². The van der Waals surface area contributed by atoms with Gasteiger partial charge < -0.3 is 4.98 Å². The lowest BCUT2D eigenvalue weighted by molar-refractivity contribution is 0.253. The topological polar surface area (TPSA) is 19.0 Å². The molecule has 1 atom stereocenters. The van der Waals surface area contributed by atoms with E-state index in [2.05, 4.69) is 41.1 Å². The average Bonchev–Trinajstić information content (AvgIpc) is 3.03. The zero-order chi connectivity index (χ0) is 12.4. The molecule has 1 saturated heterocycles. The zero-order valence-corrected chi connectivity index (χ0v) is 11.2. The van der Waals surface area contributed by atoms with Gasteiger partial charge in [-0.05, 0) is 61.5 Å². The Kier molecular flexibility index (Phi) is 3.37. The quantitative estimate of drug-likeness (QED) is 0.855. The molecule has 0 saturated carbocycles. The highest BCUT2D eigenvalue weighted by Gasteiger charge is 2.25. The van der Waals surface area contributed by atoms with E-state index < -0.39 is 0 Å². The number of H-pyrrole nitrogens is 1. The first-order chi connectivity index (χ1) is 8.88. The number of likely N-dealkylation sites (tertiary alicyclic amines) is 1. The summed E-state index contributed by atoms with van der Waals surface area (Å²) in [5, 5.41) is 1.34. The van der Waals surface area contributed by atoms with Gasteiger partial charge in [0.1, 0.15) is 0 Å². The second-order valence-corrected chi connectivity index (χ2v) is 5.37. The van der Waals surface area contributed by atoms with Gasteiger partial charge >= 0.3 is 0 Å². The Labute approximate surface area is 109 Å². The molecule has 3 rings (SSSR count). The average molecular weight is 242 g/mol. The largest absolute Gasteiger partial charge is 0.361 e. The second kappa shape index (κ2) is 5.15. The summed E-state index contributed by atoms with van der Waals surface area (Å²) in [6, 6.07) is 9.70. The Morgan fingerprint density at radius 2 is 2.28 bits per heavy atom. The van der Waals surface area contributed by atoms with Crippen LogP contribution in [0, 0.1) is 0 Å². The Morgan fingerprint density at radius 1 is 1.33 bits per heavy atom. The van der Waals surface area contributed by atoms with Crippen molar-refractivity contribution in [1.29, 1.82) is 0 Å². The summed E-state index contributed by atoms with van der Waals surface area (Å²) in [4.78, 5) is 5.93. The minimum absolute atomic E-state index is 0.649. The summed E-state index contributed by atoms with van der Waals surface area (Å²) in [5.74, 6) is 0. The number of nitrogens with one attached hydrogen (secondary N) is 1. The standard InChI is InChI=1S/C16H22N2/c1-2-3-10-18-11-4-5-16(18)14-6-7-15-13(12-14)8-9-17-15/h6-9,12,16-17H,2-5,10-11H2,1H3/t16-/m0/s1. The minimum Gasteiger partial charge on any atom is -0.361 e. The minimum atomic E-state index is 0.649. The predicted molar refractivity (Wildman–Crippen MR) is 76.8 cm³/mol. The van der Waals surface area contributed by atoms with Crippen LogP contribution >= 0.6 is 0 Å². The molecule has 2 heteroatoms. The highest BCUT2D eigenvalue weighted by Crippen LogP contribution is 2.33. The maximum absolute atomic E-state index is 3.27. The van der Waals surface area contributed by atoms with Crippen molar-refractivity contribution in [2.75, 3.05) is 13.1 Å². The molecule has 1 aromatic heterocycles. The number of unbranched alkanes of at least 4 members (excludes halogenated alkanes) is 1. The molecule has 0 amide bonds. The van der Waals surface area contributed by atoms with Crippen molar-refractivity contribution in [3.8, 4) is 0 Å². The predicted octanol–water partition coefficient (Wildman–Crippen LogP) is 4.10. The first kappa shape index (κ1) is 11.8. The Bertz CT molecular complexity index is 515. The molecule has 1 aliphatic rings. The van der Waals surface area contributed by atoms with Crippen molar-refractivity contribution >= 4 is 10.9 Å². The van der Waals surface area contributed by atoms with Crippen molar-refractivity contribution in [1.82, 2.24) is 9.88 Å². The fourth-order valence-electron chi connectivity index (χ4n) is 3.11. The summed E-state index contributed by atoms with van der Waals surface area (Å²) in [6.07, 6.45) is 7.31. The number of nitrogens with zero attached hydrogens (tertiary/aromatic N) is 1.